The molecule has 3 aromatic rings. The van der Waals surface area contributed by atoms with Crippen LogP contribution in [0.4, 0.5) is 0 Å². The van der Waals surface area contributed by atoms with Gasteiger partial charge in [-0.1, -0.05) is 18.2 Å². The number of amides is 1. The molecule has 1 aliphatic carbocycles. The summed E-state index contributed by atoms with van der Waals surface area (Å²) in [6, 6.07) is 7.80. The van der Waals surface area contributed by atoms with E-state index >= 15 is 0 Å². The number of fused-ring (bicyclic) bond motifs is 2. The maximum absolute atomic E-state index is 12.9. The van der Waals surface area contributed by atoms with Crippen molar-refractivity contribution in [3.63, 3.8) is 0 Å². The first-order chi connectivity index (χ1) is 12.7. The Morgan fingerprint density at radius 1 is 1.35 bits per heavy atom. The van der Waals surface area contributed by atoms with Crippen LogP contribution in [0.1, 0.15) is 46.2 Å². The van der Waals surface area contributed by atoms with Crippen molar-refractivity contribution in [2.24, 2.45) is 0 Å². The van der Waals surface area contributed by atoms with Gasteiger partial charge in [0.25, 0.3) is 5.91 Å². The second kappa shape index (κ2) is 6.88. The SMILES string of the molecule is Cc1cccc2c(C(=O)NC3CCCc4c3cnn4CCO)nccc12. The lowest BCUT2D eigenvalue weighted by molar-refractivity contribution is 0.0929. The van der Waals surface area contributed by atoms with Crippen LogP contribution in [0.3, 0.4) is 0 Å². The Morgan fingerprint density at radius 2 is 2.23 bits per heavy atom. The Labute approximate surface area is 151 Å². The molecule has 2 aromatic heterocycles. The van der Waals surface area contributed by atoms with Gasteiger partial charge in [0.05, 0.1) is 25.4 Å². The van der Waals surface area contributed by atoms with Crippen molar-refractivity contribution in [2.45, 2.75) is 38.8 Å². The molecule has 6 heteroatoms. The van der Waals surface area contributed by atoms with E-state index in [0.717, 1.165) is 46.9 Å². The summed E-state index contributed by atoms with van der Waals surface area (Å²) in [7, 11) is 0. The van der Waals surface area contributed by atoms with Crippen LogP contribution in [-0.2, 0) is 13.0 Å². The third kappa shape index (κ3) is 2.86. The third-order valence-corrected chi connectivity index (χ3v) is 5.12. The number of nitrogens with one attached hydrogen (secondary N) is 1. The summed E-state index contributed by atoms with van der Waals surface area (Å²) in [6.07, 6.45) is 6.30. The number of rotatable bonds is 4. The lowest BCUT2D eigenvalue weighted by Gasteiger charge is -2.24. The fourth-order valence-electron chi connectivity index (χ4n) is 3.83. The van der Waals surface area contributed by atoms with E-state index in [4.69, 9.17) is 0 Å². The van der Waals surface area contributed by atoms with E-state index in [1.807, 2.05) is 42.1 Å². The fourth-order valence-corrected chi connectivity index (χ4v) is 3.83. The van der Waals surface area contributed by atoms with Crippen LogP contribution >= 0.6 is 0 Å². The summed E-state index contributed by atoms with van der Waals surface area (Å²) in [6.45, 7) is 2.58. The smallest absolute Gasteiger partial charge is 0.271 e. The molecule has 0 fully saturated rings. The van der Waals surface area contributed by atoms with Crippen LogP contribution in [-0.4, -0.2) is 32.4 Å². The zero-order valence-corrected chi connectivity index (χ0v) is 14.8. The number of aryl methyl sites for hydroxylation is 1. The van der Waals surface area contributed by atoms with Crippen LogP contribution < -0.4 is 5.32 Å². The molecule has 26 heavy (non-hydrogen) atoms. The molecule has 0 radical (unpaired) electrons. The average molecular weight is 350 g/mol. The minimum atomic E-state index is -0.158. The van der Waals surface area contributed by atoms with Crippen LogP contribution in [0, 0.1) is 6.92 Å². The maximum Gasteiger partial charge on any atom is 0.271 e. The molecule has 1 amide bonds. The van der Waals surface area contributed by atoms with Crippen molar-refractivity contribution < 1.29 is 9.90 Å². The number of hydrogen-bond donors (Lipinski definition) is 2. The van der Waals surface area contributed by atoms with E-state index in [1.165, 1.54) is 0 Å². The molecule has 6 nitrogen and oxygen atoms in total. The highest BCUT2D eigenvalue weighted by molar-refractivity contribution is 6.06. The summed E-state index contributed by atoms with van der Waals surface area (Å²) < 4.78 is 1.84. The molecule has 4 rings (SSSR count). The van der Waals surface area contributed by atoms with Gasteiger partial charge in [0.1, 0.15) is 5.69 Å². The van der Waals surface area contributed by atoms with Gasteiger partial charge in [0, 0.05) is 22.8 Å². The highest BCUT2D eigenvalue weighted by atomic mass is 16.3. The predicted octanol–water partition coefficient (Wildman–Crippen LogP) is 2.54. The molecule has 0 spiro atoms. The number of benzene rings is 1. The number of aromatic nitrogens is 3. The van der Waals surface area contributed by atoms with Crippen molar-refractivity contribution in [1.82, 2.24) is 20.1 Å². The largest absolute Gasteiger partial charge is 0.394 e. The van der Waals surface area contributed by atoms with Gasteiger partial charge >= 0.3 is 0 Å². The predicted molar refractivity (Wildman–Crippen MR) is 98.9 cm³/mol. The summed E-state index contributed by atoms with van der Waals surface area (Å²) in [5, 5.41) is 18.6. The summed E-state index contributed by atoms with van der Waals surface area (Å²) in [5.41, 5.74) is 3.75. The van der Waals surface area contributed by atoms with Gasteiger partial charge in [-0.15, -0.1) is 0 Å². The van der Waals surface area contributed by atoms with Crippen LogP contribution in [0.25, 0.3) is 10.8 Å². The normalized spacial score (nSPS) is 16.5. The van der Waals surface area contributed by atoms with Crippen molar-refractivity contribution in [2.75, 3.05) is 6.61 Å². The lowest BCUT2D eigenvalue weighted by Crippen LogP contribution is -2.31. The second-order valence-corrected chi connectivity index (χ2v) is 6.74. The first kappa shape index (κ1) is 16.7. The van der Waals surface area contributed by atoms with E-state index < -0.39 is 0 Å². The van der Waals surface area contributed by atoms with Gasteiger partial charge < -0.3 is 10.4 Å². The minimum absolute atomic E-state index is 0.0599. The lowest BCUT2D eigenvalue weighted by atomic mass is 9.92. The number of carbonyl (C=O) groups is 1. The number of aliphatic hydroxyl groups is 1. The highest BCUT2D eigenvalue weighted by Crippen LogP contribution is 2.30. The van der Waals surface area contributed by atoms with Gasteiger partial charge in [0.2, 0.25) is 0 Å². The van der Waals surface area contributed by atoms with Crippen molar-refractivity contribution in [1.29, 1.82) is 0 Å². The zero-order valence-electron chi connectivity index (χ0n) is 14.8. The van der Waals surface area contributed by atoms with Gasteiger partial charge in [0.15, 0.2) is 0 Å². The zero-order chi connectivity index (χ0) is 18.1. The molecular weight excluding hydrogens is 328 g/mol. The van der Waals surface area contributed by atoms with Gasteiger partial charge in [-0.3, -0.25) is 14.5 Å². The molecule has 0 saturated carbocycles. The maximum atomic E-state index is 12.9. The average Bonchev–Trinajstić information content (AvgIpc) is 3.06. The van der Waals surface area contributed by atoms with Crippen molar-refractivity contribution in [3.8, 4) is 0 Å². The van der Waals surface area contributed by atoms with Crippen LogP contribution in [0.15, 0.2) is 36.7 Å². The third-order valence-electron chi connectivity index (χ3n) is 5.12. The number of nitrogens with zero attached hydrogens (tertiary/aromatic N) is 3. The molecule has 2 N–H and O–H groups in total. The summed E-state index contributed by atoms with van der Waals surface area (Å²) in [5.74, 6) is -0.158. The Kier molecular flexibility index (Phi) is 4.42. The van der Waals surface area contributed by atoms with Gasteiger partial charge in [-0.05, 0) is 43.2 Å². The molecule has 1 atom stereocenters. The van der Waals surface area contributed by atoms with Gasteiger partial charge in [-0.25, -0.2) is 0 Å². The van der Waals surface area contributed by atoms with E-state index in [1.54, 1.807) is 6.20 Å². The quantitative estimate of drug-likeness (QED) is 0.758. The minimum Gasteiger partial charge on any atom is -0.394 e. The highest BCUT2D eigenvalue weighted by Gasteiger charge is 2.26. The molecule has 0 aliphatic heterocycles. The molecule has 1 aromatic carbocycles. The Morgan fingerprint density at radius 3 is 3.08 bits per heavy atom. The second-order valence-electron chi connectivity index (χ2n) is 6.74. The molecule has 0 saturated heterocycles. The van der Waals surface area contributed by atoms with Crippen molar-refractivity contribution in [3.05, 3.63) is 59.2 Å². The van der Waals surface area contributed by atoms with Gasteiger partial charge in [-0.2, -0.15) is 5.10 Å². The summed E-state index contributed by atoms with van der Waals surface area (Å²) >= 11 is 0. The van der Waals surface area contributed by atoms with E-state index in [2.05, 4.69) is 15.4 Å². The number of carbonyl (C=O) groups excluding carboxylic acids is 1. The first-order valence-electron chi connectivity index (χ1n) is 8.99. The Hall–Kier alpha value is -2.73. The Balaban J connectivity index is 1.64. The number of aliphatic hydroxyl groups excluding tert-OH is 1. The Bertz CT molecular complexity index is 964. The topological polar surface area (TPSA) is 80.0 Å². The molecular formula is C20H22N4O2. The van der Waals surface area contributed by atoms with Crippen LogP contribution in [0.2, 0.25) is 0 Å². The molecule has 0 bridgehead atoms. The number of hydrogen-bond acceptors (Lipinski definition) is 4. The molecule has 134 valence electrons. The van der Waals surface area contributed by atoms with Crippen molar-refractivity contribution >= 4 is 16.7 Å². The van der Waals surface area contributed by atoms with E-state index in [-0.39, 0.29) is 18.6 Å². The van der Waals surface area contributed by atoms with E-state index in [9.17, 15) is 9.90 Å². The molecule has 2 heterocycles. The summed E-state index contributed by atoms with van der Waals surface area (Å²) in [4.78, 5) is 17.3. The first-order valence-corrected chi connectivity index (χ1v) is 8.99. The molecule has 1 aliphatic rings. The number of pyridine rings is 1. The standard InChI is InChI=1S/C20H22N4O2/c1-13-4-2-5-15-14(13)8-9-21-19(15)20(26)23-17-6-3-7-18-16(17)12-22-24(18)10-11-25/h2,4-5,8-9,12,17,25H,3,6-7,10-11H2,1H3,(H,23,26). The molecule has 1 unspecified atom stereocenters. The monoisotopic (exact) mass is 350 g/mol. The van der Waals surface area contributed by atoms with E-state index in [0.29, 0.717) is 12.2 Å². The van der Waals surface area contributed by atoms with Crippen LogP contribution in [0.5, 0.6) is 0 Å². The fraction of sp³-hybridized carbons (Fsp3) is 0.350.